The monoisotopic (exact) mass is 432 g/mol. The zero-order chi connectivity index (χ0) is 23.1. The summed E-state index contributed by atoms with van der Waals surface area (Å²) in [6.07, 6.45) is 9.59. The van der Waals surface area contributed by atoms with Crippen molar-refractivity contribution in [2.24, 2.45) is 17.8 Å². The Balaban J connectivity index is 1.87. The number of carbonyl (C=O) groups is 1. The average molecular weight is 433 g/mol. The number of hydrogen-bond acceptors (Lipinski definition) is 5. The highest BCUT2D eigenvalue weighted by Gasteiger charge is 2.42. The molecule has 1 heterocycles. The van der Waals surface area contributed by atoms with Crippen LogP contribution in [0.3, 0.4) is 0 Å². The maximum atomic E-state index is 12.6. The lowest BCUT2D eigenvalue weighted by Crippen LogP contribution is -2.40. The molecule has 2 rings (SSSR count). The van der Waals surface area contributed by atoms with Crippen molar-refractivity contribution >= 4 is 5.78 Å². The van der Waals surface area contributed by atoms with Crippen molar-refractivity contribution in [3.8, 4) is 0 Å². The molecule has 5 heteroatoms. The number of allylic oxidation sites excluding steroid dienone is 5. The number of ketones is 1. The van der Waals surface area contributed by atoms with Gasteiger partial charge in [-0.15, -0.1) is 0 Å². The third kappa shape index (κ3) is 6.49. The van der Waals surface area contributed by atoms with Gasteiger partial charge in [0.1, 0.15) is 12.2 Å². The van der Waals surface area contributed by atoms with Gasteiger partial charge in [-0.2, -0.15) is 0 Å². The Morgan fingerprint density at radius 3 is 2.48 bits per heavy atom. The molecule has 5 nitrogen and oxygen atoms in total. The maximum Gasteiger partial charge on any atom is 0.204 e. The van der Waals surface area contributed by atoms with Crippen LogP contribution in [0.2, 0.25) is 0 Å². The van der Waals surface area contributed by atoms with Crippen LogP contribution in [0.15, 0.2) is 47.2 Å². The molecular weight excluding hydrogens is 392 g/mol. The van der Waals surface area contributed by atoms with E-state index in [1.807, 2.05) is 6.92 Å². The molecule has 5 atom stereocenters. The molecule has 1 fully saturated rings. The molecule has 1 aliphatic heterocycles. The van der Waals surface area contributed by atoms with Crippen LogP contribution in [0.4, 0.5) is 0 Å². The third-order valence-electron chi connectivity index (χ3n) is 6.71. The molecule has 0 amide bonds. The van der Waals surface area contributed by atoms with Crippen LogP contribution in [0.5, 0.6) is 0 Å². The summed E-state index contributed by atoms with van der Waals surface area (Å²) in [4.78, 5) is 12.6. The molecule has 0 aromatic heterocycles. The number of rotatable bonds is 9. The second-order valence-corrected chi connectivity index (χ2v) is 9.13. The second-order valence-electron chi connectivity index (χ2n) is 9.13. The number of aliphatic hydroxyl groups is 1. The van der Waals surface area contributed by atoms with Crippen molar-refractivity contribution in [1.82, 2.24) is 0 Å². The Bertz CT molecular complexity index is 745. The summed E-state index contributed by atoms with van der Waals surface area (Å²) in [5, 5.41) is 10.7. The minimum absolute atomic E-state index is 0.110. The Kier molecular flexibility index (Phi) is 9.42. The minimum Gasteiger partial charge on any atom is -0.495 e. The second kappa shape index (κ2) is 11.6. The van der Waals surface area contributed by atoms with E-state index in [0.717, 1.165) is 37.9 Å². The first-order valence-corrected chi connectivity index (χ1v) is 11.4. The molecular formula is C26H40O5. The lowest BCUT2D eigenvalue weighted by Gasteiger charge is -2.33. The molecule has 0 spiro atoms. The fourth-order valence-corrected chi connectivity index (χ4v) is 4.43. The summed E-state index contributed by atoms with van der Waals surface area (Å²) in [6.45, 7) is 12.3. The van der Waals surface area contributed by atoms with Crippen molar-refractivity contribution in [2.45, 2.75) is 78.4 Å². The van der Waals surface area contributed by atoms with E-state index in [0.29, 0.717) is 12.3 Å². The van der Waals surface area contributed by atoms with Gasteiger partial charge in [0.05, 0.1) is 20.0 Å². The minimum atomic E-state index is -0.841. The summed E-state index contributed by atoms with van der Waals surface area (Å²) < 4.78 is 16.4. The van der Waals surface area contributed by atoms with Gasteiger partial charge in [-0.05, 0) is 46.0 Å². The molecule has 0 bridgehead atoms. The Hall–Kier alpha value is -2.01. The van der Waals surface area contributed by atoms with Crippen molar-refractivity contribution in [3.05, 3.63) is 47.2 Å². The van der Waals surface area contributed by atoms with E-state index >= 15 is 0 Å². The normalized spacial score (nSPS) is 30.4. The van der Waals surface area contributed by atoms with Crippen LogP contribution in [-0.2, 0) is 19.0 Å². The molecule has 5 unspecified atom stereocenters. The average Bonchev–Trinajstić information content (AvgIpc) is 2.73. The van der Waals surface area contributed by atoms with Crippen LogP contribution in [-0.4, -0.2) is 37.3 Å². The molecule has 0 aromatic rings. The summed E-state index contributed by atoms with van der Waals surface area (Å²) >= 11 is 0. The smallest absolute Gasteiger partial charge is 0.204 e. The van der Waals surface area contributed by atoms with E-state index in [1.54, 1.807) is 0 Å². The molecule has 0 saturated carbocycles. The molecule has 0 radical (unpaired) electrons. The molecule has 0 aromatic carbocycles. The fraction of sp³-hybridized carbons (Fsp3) is 0.654. The predicted molar refractivity (Wildman–Crippen MR) is 123 cm³/mol. The van der Waals surface area contributed by atoms with E-state index in [4.69, 9.17) is 14.2 Å². The number of hydrogen-bond donors (Lipinski definition) is 1. The van der Waals surface area contributed by atoms with Gasteiger partial charge in [0.2, 0.25) is 11.5 Å². The van der Waals surface area contributed by atoms with Gasteiger partial charge in [-0.3, -0.25) is 4.79 Å². The van der Waals surface area contributed by atoms with Crippen molar-refractivity contribution in [1.29, 1.82) is 0 Å². The van der Waals surface area contributed by atoms with Crippen LogP contribution in [0.25, 0.3) is 0 Å². The topological polar surface area (TPSA) is 65.0 Å². The Labute approximate surface area is 187 Å². The maximum absolute atomic E-state index is 12.6. The number of carbonyl (C=O) groups excluding carboxylic acids is 1. The number of methoxy groups -OCH3 is 2. The van der Waals surface area contributed by atoms with Crippen molar-refractivity contribution in [3.63, 3.8) is 0 Å². The fourth-order valence-electron chi connectivity index (χ4n) is 4.43. The Morgan fingerprint density at radius 1 is 1.16 bits per heavy atom. The SMILES string of the molecule is C=C1OC(C/C(C)=C/CC/C(C)=C/CC2C(C)C(=O)C(OC)=C(OC)C2O)CCC1C. The summed E-state index contributed by atoms with van der Waals surface area (Å²) in [6, 6.07) is 0. The predicted octanol–water partition coefficient (Wildman–Crippen LogP) is 5.47. The molecule has 1 aliphatic carbocycles. The largest absolute Gasteiger partial charge is 0.495 e. The Morgan fingerprint density at radius 2 is 1.87 bits per heavy atom. The van der Waals surface area contributed by atoms with E-state index in [9.17, 15) is 9.90 Å². The van der Waals surface area contributed by atoms with E-state index in [2.05, 4.69) is 39.5 Å². The van der Waals surface area contributed by atoms with Gasteiger partial charge in [0.25, 0.3) is 0 Å². The van der Waals surface area contributed by atoms with Crippen LogP contribution >= 0.6 is 0 Å². The summed E-state index contributed by atoms with van der Waals surface area (Å²) in [5.74, 6) is 1.12. The zero-order valence-corrected chi connectivity index (χ0v) is 20.1. The van der Waals surface area contributed by atoms with Crippen LogP contribution in [0, 0.1) is 17.8 Å². The van der Waals surface area contributed by atoms with Crippen LogP contribution < -0.4 is 0 Å². The highest BCUT2D eigenvalue weighted by atomic mass is 16.5. The van der Waals surface area contributed by atoms with Gasteiger partial charge in [0.15, 0.2) is 5.76 Å². The lowest BCUT2D eigenvalue weighted by molar-refractivity contribution is -0.128. The lowest BCUT2D eigenvalue weighted by atomic mass is 9.77. The molecule has 1 N–H and O–H groups in total. The standard InChI is InChI=1S/C26H40O5/c1-16(9-8-10-17(2)15-21-13-12-18(3)20(5)31-21)11-14-22-19(4)23(27)25(29-6)26(30-7)24(22)28/h10-11,18-19,21-22,24,28H,5,8-9,12-15H2,1-4,6-7H3/b16-11+,17-10+. The van der Waals surface area contributed by atoms with Crippen LogP contribution in [0.1, 0.15) is 66.2 Å². The number of Topliss-reactive ketones (excluding diaryl/α,β-unsaturated/α-hetero) is 1. The highest BCUT2D eigenvalue weighted by molar-refractivity contribution is 5.97. The quantitative estimate of drug-likeness (QED) is 0.490. The van der Waals surface area contributed by atoms with E-state index < -0.39 is 6.10 Å². The highest BCUT2D eigenvalue weighted by Crippen LogP contribution is 2.35. The first kappa shape index (κ1) is 25.3. The number of aliphatic hydroxyl groups excluding tert-OH is 1. The summed E-state index contributed by atoms with van der Waals surface area (Å²) in [5.41, 5.74) is 2.61. The third-order valence-corrected chi connectivity index (χ3v) is 6.71. The molecule has 174 valence electrons. The van der Waals surface area contributed by atoms with Gasteiger partial charge in [-0.25, -0.2) is 0 Å². The number of ether oxygens (including phenoxy) is 3. The zero-order valence-electron chi connectivity index (χ0n) is 20.1. The molecule has 31 heavy (non-hydrogen) atoms. The van der Waals surface area contributed by atoms with Crippen molar-refractivity contribution in [2.75, 3.05) is 14.2 Å². The molecule has 1 saturated heterocycles. The first-order chi connectivity index (χ1) is 14.7. The van der Waals surface area contributed by atoms with E-state index in [-0.39, 0.29) is 35.2 Å². The van der Waals surface area contributed by atoms with E-state index in [1.165, 1.54) is 25.4 Å². The van der Waals surface area contributed by atoms with Gasteiger partial charge >= 0.3 is 0 Å². The van der Waals surface area contributed by atoms with Crippen molar-refractivity contribution < 1.29 is 24.1 Å². The molecule has 2 aliphatic rings. The summed E-state index contributed by atoms with van der Waals surface area (Å²) in [7, 11) is 2.89. The van der Waals surface area contributed by atoms with Gasteiger partial charge < -0.3 is 19.3 Å². The van der Waals surface area contributed by atoms with Gasteiger partial charge in [0, 0.05) is 24.2 Å². The first-order valence-electron chi connectivity index (χ1n) is 11.4. The van der Waals surface area contributed by atoms with Gasteiger partial charge in [-0.1, -0.05) is 43.7 Å².